The molecule has 0 amide bonds. The lowest BCUT2D eigenvalue weighted by atomic mass is 9.84. The molecule has 0 unspecified atom stereocenters. The van der Waals surface area contributed by atoms with Gasteiger partial charge in [0, 0.05) is 12.2 Å². The quantitative estimate of drug-likeness (QED) is 0.873. The second kappa shape index (κ2) is 6.54. The number of rotatable bonds is 5. The molecule has 0 radical (unpaired) electrons. The number of hydrogen-bond donors (Lipinski definition) is 2. The molecule has 0 saturated heterocycles. The van der Waals surface area contributed by atoms with Gasteiger partial charge in [-0.1, -0.05) is 19.8 Å². The SMILES string of the molecule is CCCC1CCC(NS(=O)(=O)c2ccc(N)nc2)CC1. The molecule has 0 spiro atoms. The summed E-state index contributed by atoms with van der Waals surface area (Å²) in [5.74, 6) is 1.09. The first-order valence-corrected chi connectivity index (χ1v) is 8.73. The number of pyridine rings is 1. The topological polar surface area (TPSA) is 85.1 Å². The smallest absolute Gasteiger partial charge is 0.242 e. The molecule has 1 aliphatic rings. The molecule has 1 saturated carbocycles. The monoisotopic (exact) mass is 297 g/mol. The minimum Gasteiger partial charge on any atom is -0.384 e. The summed E-state index contributed by atoms with van der Waals surface area (Å²) < 4.78 is 27.2. The van der Waals surface area contributed by atoms with Crippen molar-refractivity contribution in [3.8, 4) is 0 Å². The van der Waals surface area contributed by atoms with Gasteiger partial charge in [-0.2, -0.15) is 0 Å². The van der Waals surface area contributed by atoms with E-state index in [1.54, 1.807) is 0 Å². The van der Waals surface area contributed by atoms with Crippen LogP contribution in [0, 0.1) is 5.92 Å². The lowest BCUT2D eigenvalue weighted by molar-refractivity contribution is 0.297. The molecule has 3 N–H and O–H groups in total. The number of nitrogen functional groups attached to an aromatic ring is 1. The lowest BCUT2D eigenvalue weighted by Gasteiger charge is -2.28. The van der Waals surface area contributed by atoms with Crippen LogP contribution >= 0.6 is 0 Å². The molecule has 1 aliphatic carbocycles. The highest BCUT2D eigenvalue weighted by molar-refractivity contribution is 7.89. The fourth-order valence-electron chi connectivity index (χ4n) is 2.82. The second-order valence-corrected chi connectivity index (χ2v) is 7.26. The molecule has 0 bridgehead atoms. The predicted molar refractivity (Wildman–Crippen MR) is 79.6 cm³/mol. The van der Waals surface area contributed by atoms with Gasteiger partial charge < -0.3 is 5.73 Å². The Labute approximate surface area is 121 Å². The Morgan fingerprint density at radius 3 is 2.55 bits per heavy atom. The van der Waals surface area contributed by atoms with Crippen molar-refractivity contribution in [2.45, 2.75) is 56.4 Å². The van der Waals surface area contributed by atoms with Crippen molar-refractivity contribution in [1.29, 1.82) is 0 Å². The molecule has 0 aliphatic heterocycles. The molecule has 0 atom stereocenters. The normalized spacial score (nSPS) is 23.6. The fourth-order valence-corrected chi connectivity index (χ4v) is 4.06. The highest BCUT2D eigenvalue weighted by Crippen LogP contribution is 2.28. The standard InChI is InChI=1S/C14H23N3O2S/c1-2-3-11-4-6-12(7-5-11)17-20(18,19)13-8-9-14(15)16-10-13/h8-12,17H,2-7H2,1H3,(H2,15,16). The largest absolute Gasteiger partial charge is 0.384 e. The molecule has 5 nitrogen and oxygen atoms in total. The van der Waals surface area contributed by atoms with Crippen LogP contribution in [0.25, 0.3) is 0 Å². The Kier molecular flexibility index (Phi) is 4.99. The Morgan fingerprint density at radius 1 is 1.30 bits per heavy atom. The van der Waals surface area contributed by atoms with Crippen LogP contribution in [0.4, 0.5) is 5.82 Å². The average molecular weight is 297 g/mol. The molecule has 1 heterocycles. The molecule has 0 aromatic carbocycles. The highest BCUT2D eigenvalue weighted by atomic mass is 32.2. The van der Waals surface area contributed by atoms with Gasteiger partial charge in [0.05, 0.1) is 0 Å². The number of nitrogens with zero attached hydrogens (tertiary/aromatic N) is 1. The molecule has 112 valence electrons. The molecule has 1 fully saturated rings. The van der Waals surface area contributed by atoms with Crippen molar-refractivity contribution in [2.75, 3.05) is 5.73 Å². The number of nitrogens with two attached hydrogens (primary N) is 1. The Hall–Kier alpha value is -1.14. The van der Waals surface area contributed by atoms with Gasteiger partial charge in [-0.3, -0.25) is 0 Å². The van der Waals surface area contributed by atoms with E-state index in [2.05, 4.69) is 16.6 Å². The van der Waals surface area contributed by atoms with Crippen molar-refractivity contribution in [1.82, 2.24) is 9.71 Å². The number of anilines is 1. The third kappa shape index (κ3) is 3.93. The van der Waals surface area contributed by atoms with Gasteiger partial charge in [-0.25, -0.2) is 18.1 Å². The van der Waals surface area contributed by atoms with Gasteiger partial charge in [0.25, 0.3) is 0 Å². The zero-order valence-corrected chi connectivity index (χ0v) is 12.7. The van der Waals surface area contributed by atoms with Crippen molar-refractivity contribution in [3.05, 3.63) is 18.3 Å². The van der Waals surface area contributed by atoms with Crippen molar-refractivity contribution < 1.29 is 8.42 Å². The molecule has 20 heavy (non-hydrogen) atoms. The van der Waals surface area contributed by atoms with Gasteiger partial charge in [-0.05, 0) is 43.7 Å². The maximum atomic E-state index is 12.2. The molecule has 1 aromatic heterocycles. The zero-order chi connectivity index (χ0) is 14.6. The highest BCUT2D eigenvalue weighted by Gasteiger charge is 2.25. The number of nitrogens with one attached hydrogen (secondary N) is 1. The van der Waals surface area contributed by atoms with Gasteiger partial charge in [0.2, 0.25) is 10.0 Å². The first kappa shape index (κ1) is 15.3. The molecule has 6 heteroatoms. The van der Waals surface area contributed by atoms with Gasteiger partial charge >= 0.3 is 0 Å². The van der Waals surface area contributed by atoms with E-state index in [4.69, 9.17) is 5.73 Å². The van der Waals surface area contributed by atoms with E-state index in [0.717, 1.165) is 31.6 Å². The van der Waals surface area contributed by atoms with E-state index in [0.29, 0.717) is 5.82 Å². The Bertz CT molecular complexity index is 520. The first-order valence-electron chi connectivity index (χ1n) is 7.25. The lowest BCUT2D eigenvalue weighted by Crippen LogP contribution is -2.37. The summed E-state index contributed by atoms with van der Waals surface area (Å²) in [6, 6.07) is 3.05. The number of aromatic nitrogens is 1. The minimum atomic E-state index is -3.47. The third-order valence-corrected chi connectivity index (χ3v) is 5.44. The van der Waals surface area contributed by atoms with Crippen molar-refractivity contribution in [3.63, 3.8) is 0 Å². The summed E-state index contributed by atoms with van der Waals surface area (Å²) in [6.45, 7) is 2.20. The third-order valence-electron chi connectivity index (χ3n) is 3.94. The summed E-state index contributed by atoms with van der Waals surface area (Å²) in [4.78, 5) is 4.02. The maximum absolute atomic E-state index is 12.2. The number of hydrogen-bond acceptors (Lipinski definition) is 4. The van der Waals surface area contributed by atoms with Crippen LogP contribution in [0.3, 0.4) is 0 Å². The number of sulfonamides is 1. The summed E-state index contributed by atoms with van der Waals surface area (Å²) in [6.07, 6.45) is 7.83. The van der Waals surface area contributed by atoms with Crippen molar-refractivity contribution in [2.24, 2.45) is 5.92 Å². The van der Waals surface area contributed by atoms with Crippen LogP contribution in [0.2, 0.25) is 0 Å². The first-order chi connectivity index (χ1) is 9.51. The molecular formula is C14H23N3O2S. The minimum absolute atomic E-state index is 0.0469. The molecular weight excluding hydrogens is 274 g/mol. The van der Waals surface area contributed by atoms with E-state index in [9.17, 15) is 8.42 Å². The summed E-state index contributed by atoms with van der Waals surface area (Å²) in [5, 5.41) is 0. The summed E-state index contributed by atoms with van der Waals surface area (Å²) in [5.41, 5.74) is 5.47. The summed E-state index contributed by atoms with van der Waals surface area (Å²) in [7, 11) is -3.47. The summed E-state index contributed by atoms with van der Waals surface area (Å²) >= 11 is 0. The van der Waals surface area contributed by atoms with Crippen LogP contribution in [0.15, 0.2) is 23.2 Å². The Balaban J connectivity index is 1.94. The van der Waals surface area contributed by atoms with E-state index < -0.39 is 10.0 Å². The predicted octanol–water partition coefficient (Wildman–Crippen LogP) is 2.30. The van der Waals surface area contributed by atoms with Gasteiger partial charge in [0.1, 0.15) is 10.7 Å². The van der Waals surface area contributed by atoms with Crippen LogP contribution in [-0.4, -0.2) is 19.4 Å². The van der Waals surface area contributed by atoms with E-state index in [1.807, 2.05) is 0 Å². The maximum Gasteiger partial charge on any atom is 0.242 e. The van der Waals surface area contributed by atoms with Gasteiger partial charge in [0.15, 0.2) is 0 Å². The fraction of sp³-hybridized carbons (Fsp3) is 0.643. The van der Waals surface area contributed by atoms with Crippen LogP contribution in [0.1, 0.15) is 45.4 Å². The van der Waals surface area contributed by atoms with E-state index in [1.165, 1.54) is 31.2 Å². The van der Waals surface area contributed by atoms with E-state index in [-0.39, 0.29) is 10.9 Å². The van der Waals surface area contributed by atoms with Crippen LogP contribution in [0.5, 0.6) is 0 Å². The van der Waals surface area contributed by atoms with Gasteiger partial charge in [-0.15, -0.1) is 0 Å². The molecule has 2 rings (SSSR count). The average Bonchev–Trinajstić information content (AvgIpc) is 2.41. The zero-order valence-electron chi connectivity index (χ0n) is 11.9. The van der Waals surface area contributed by atoms with Crippen LogP contribution < -0.4 is 10.5 Å². The van der Waals surface area contributed by atoms with Crippen LogP contribution in [-0.2, 0) is 10.0 Å². The second-order valence-electron chi connectivity index (χ2n) is 5.55. The van der Waals surface area contributed by atoms with Crippen molar-refractivity contribution >= 4 is 15.8 Å². The Morgan fingerprint density at radius 2 is 2.00 bits per heavy atom. The molecule has 1 aromatic rings. The van der Waals surface area contributed by atoms with E-state index >= 15 is 0 Å².